The highest BCUT2D eigenvalue weighted by Gasteiger charge is 2.41. The first kappa shape index (κ1) is 16.0. The molecule has 4 rings (SSSR count). The molecule has 7 nitrogen and oxygen atoms in total. The van der Waals surface area contributed by atoms with Gasteiger partial charge in [-0.05, 0) is 38.6 Å². The normalized spacial score (nSPS) is 28.7. The van der Waals surface area contributed by atoms with Gasteiger partial charge in [0.1, 0.15) is 0 Å². The van der Waals surface area contributed by atoms with Crippen molar-refractivity contribution in [3.05, 3.63) is 11.8 Å². The first-order valence-electron chi connectivity index (χ1n) is 9.11. The smallest absolute Gasteiger partial charge is 0.230 e. The maximum atomic E-state index is 12.0. The highest BCUT2D eigenvalue weighted by molar-refractivity contribution is 5.77. The minimum absolute atomic E-state index is 0.0391. The van der Waals surface area contributed by atoms with E-state index in [0.717, 1.165) is 44.8 Å². The molecule has 0 aromatic carbocycles. The maximum Gasteiger partial charge on any atom is 0.230 e. The molecule has 24 heavy (non-hydrogen) atoms. The number of nitrogens with zero attached hydrogens (tertiary/aromatic N) is 4. The fourth-order valence-electron chi connectivity index (χ4n) is 4.22. The summed E-state index contributed by atoms with van der Waals surface area (Å²) in [5, 5.41) is 17.6. The molecule has 3 fully saturated rings. The van der Waals surface area contributed by atoms with Crippen molar-refractivity contribution in [2.75, 3.05) is 32.8 Å². The van der Waals surface area contributed by atoms with E-state index in [1.54, 1.807) is 0 Å². The summed E-state index contributed by atoms with van der Waals surface area (Å²) in [5.41, 5.74) is 0.153. The van der Waals surface area contributed by atoms with Gasteiger partial charge in [-0.2, -0.15) is 0 Å². The van der Waals surface area contributed by atoms with Crippen LogP contribution in [0.5, 0.6) is 0 Å². The maximum absolute atomic E-state index is 12.0. The van der Waals surface area contributed by atoms with Gasteiger partial charge in [-0.3, -0.25) is 9.69 Å². The fraction of sp³-hybridized carbons (Fsp3) is 0.824. The SMILES string of the molecule is O=C1CC[C@@]2(CCCN(Cc3nnc(C4CC4)o3)C2)CN1CCO. The molecule has 1 spiro atoms. The molecule has 0 bridgehead atoms. The van der Waals surface area contributed by atoms with E-state index in [2.05, 4.69) is 15.1 Å². The number of aliphatic hydroxyl groups excluding tert-OH is 1. The van der Waals surface area contributed by atoms with Crippen LogP contribution in [0.25, 0.3) is 0 Å². The van der Waals surface area contributed by atoms with E-state index in [1.807, 2.05) is 4.90 Å². The molecule has 1 N–H and O–H groups in total. The second kappa shape index (κ2) is 6.44. The van der Waals surface area contributed by atoms with Crippen molar-refractivity contribution in [3.8, 4) is 0 Å². The monoisotopic (exact) mass is 334 g/mol. The van der Waals surface area contributed by atoms with Crippen LogP contribution in [-0.4, -0.2) is 63.8 Å². The number of likely N-dealkylation sites (tertiary alicyclic amines) is 2. The van der Waals surface area contributed by atoms with Gasteiger partial charge in [-0.25, -0.2) is 0 Å². The lowest BCUT2D eigenvalue weighted by Crippen LogP contribution is -2.54. The van der Waals surface area contributed by atoms with Crippen LogP contribution >= 0.6 is 0 Å². The number of hydrogen-bond donors (Lipinski definition) is 1. The van der Waals surface area contributed by atoms with Crippen molar-refractivity contribution in [2.45, 2.75) is 51.0 Å². The number of rotatable bonds is 5. The van der Waals surface area contributed by atoms with Crippen molar-refractivity contribution in [1.29, 1.82) is 0 Å². The van der Waals surface area contributed by atoms with Crippen LogP contribution in [0.3, 0.4) is 0 Å². The average molecular weight is 334 g/mol. The molecule has 1 aromatic rings. The summed E-state index contributed by atoms with van der Waals surface area (Å²) in [6, 6.07) is 0. The molecule has 1 aliphatic carbocycles. The zero-order chi connectivity index (χ0) is 16.6. The number of piperidine rings is 2. The summed E-state index contributed by atoms with van der Waals surface area (Å²) >= 11 is 0. The lowest BCUT2D eigenvalue weighted by Gasteiger charge is -2.48. The molecule has 2 aliphatic heterocycles. The van der Waals surface area contributed by atoms with Gasteiger partial charge in [0.05, 0.1) is 13.2 Å². The Balaban J connectivity index is 1.39. The summed E-state index contributed by atoms with van der Waals surface area (Å²) in [5.74, 6) is 2.19. The highest BCUT2D eigenvalue weighted by Crippen LogP contribution is 2.40. The predicted octanol–water partition coefficient (Wildman–Crippen LogP) is 1.14. The molecular weight excluding hydrogens is 308 g/mol. The van der Waals surface area contributed by atoms with E-state index in [-0.39, 0.29) is 17.9 Å². The summed E-state index contributed by atoms with van der Waals surface area (Å²) in [6.45, 7) is 3.96. The second-order valence-corrected chi connectivity index (χ2v) is 7.66. The number of β-amino-alcohol motifs (C(OH)–C–C–N with tert-alkyl or cyclic N) is 1. The van der Waals surface area contributed by atoms with Gasteiger partial charge >= 0.3 is 0 Å². The van der Waals surface area contributed by atoms with E-state index < -0.39 is 0 Å². The molecule has 1 saturated carbocycles. The largest absolute Gasteiger partial charge is 0.424 e. The van der Waals surface area contributed by atoms with Gasteiger partial charge in [-0.1, -0.05) is 0 Å². The molecule has 1 amide bonds. The van der Waals surface area contributed by atoms with Crippen molar-refractivity contribution in [3.63, 3.8) is 0 Å². The Hall–Kier alpha value is -1.47. The van der Waals surface area contributed by atoms with Crippen LogP contribution in [0.1, 0.15) is 56.2 Å². The molecule has 132 valence electrons. The van der Waals surface area contributed by atoms with Crippen LogP contribution in [-0.2, 0) is 11.3 Å². The van der Waals surface area contributed by atoms with E-state index >= 15 is 0 Å². The zero-order valence-electron chi connectivity index (χ0n) is 14.1. The van der Waals surface area contributed by atoms with Crippen molar-refractivity contribution < 1.29 is 14.3 Å². The van der Waals surface area contributed by atoms with E-state index in [1.165, 1.54) is 12.8 Å². The Kier molecular flexibility index (Phi) is 4.30. The second-order valence-electron chi connectivity index (χ2n) is 7.66. The Morgan fingerprint density at radius 2 is 2.12 bits per heavy atom. The van der Waals surface area contributed by atoms with Gasteiger partial charge in [0, 0.05) is 37.4 Å². The Bertz CT molecular complexity index is 600. The Morgan fingerprint density at radius 3 is 2.92 bits per heavy atom. The van der Waals surface area contributed by atoms with Gasteiger partial charge in [0.25, 0.3) is 0 Å². The predicted molar refractivity (Wildman–Crippen MR) is 86.1 cm³/mol. The average Bonchev–Trinajstić information content (AvgIpc) is 3.32. The van der Waals surface area contributed by atoms with Crippen molar-refractivity contribution >= 4 is 5.91 Å². The standard InChI is InChI=1S/C17H26N4O3/c22-9-8-21-12-17(6-4-15(21)23)5-1-7-20(11-17)10-14-18-19-16(24-14)13-2-3-13/h13,22H,1-12H2/t17-/m1/s1. The molecule has 3 aliphatic rings. The quantitative estimate of drug-likeness (QED) is 0.869. The number of carbonyl (C=O) groups excluding carboxylic acids is 1. The van der Waals surface area contributed by atoms with Gasteiger partial charge in [0.15, 0.2) is 0 Å². The van der Waals surface area contributed by atoms with Crippen LogP contribution in [0.2, 0.25) is 0 Å². The number of hydrogen-bond acceptors (Lipinski definition) is 6. The highest BCUT2D eigenvalue weighted by atomic mass is 16.4. The first-order chi connectivity index (χ1) is 11.7. The van der Waals surface area contributed by atoms with Crippen LogP contribution < -0.4 is 0 Å². The molecule has 0 radical (unpaired) electrons. The fourth-order valence-corrected chi connectivity index (χ4v) is 4.22. The number of carbonyl (C=O) groups is 1. The van der Waals surface area contributed by atoms with E-state index in [4.69, 9.17) is 4.42 Å². The lowest BCUT2D eigenvalue weighted by atomic mass is 9.73. The summed E-state index contributed by atoms with van der Waals surface area (Å²) in [7, 11) is 0. The van der Waals surface area contributed by atoms with Crippen LogP contribution in [0.4, 0.5) is 0 Å². The third kappa shape index (κ3) is 3.32. The summed E-state index contributed by atoms with van der Waals surface area (Å²) < 4.78 is 5.80. The third-order valence-corrected chi connectivity index (χ3v) is 5.63. The summed E-state index contributed by atoms with van der Waals surface area (Å²) in [4.78, 5) is 16.3. The van der Waals surface area contributed by atoms with E-state index in [9.17, 15) is 9.90 Å². The topological polar surface area (TPSA) is 82.7 Å². The summed E-state index contributed by atoms with van der Waals surface area (Å²) in [6.07, 6.45) is 6.16. The zero-order valence-corrected chi connectivity index (χ0v) is 14.1. The molecule has 0 unspecified atom stereocenters. The van der Waals surface area contributed by atoms with E-state index in [0.29, 0.717) is 31.3 Å². The molecule has 3 heterocycles. The molecule has 1 atom stereocenters. The number of aliphatic hydroxyl groups is 1. The van der Waals surface area contributed by atoms with Gasteiger partial charge < -0.3 is 14.4 Å². The van der Waals surface area contributed by atoms with Gasteiger partial charge in [-0.15, -0.1) is 10.2 Å². The molecule has 7 heteroatoms. The third-order valence-electron chi connectivity index (χ3n) is 5.63. The molecule has 2 saturated heterocycles. The minimum Gasteiger partial charge on any atom is -0.424 e. The van der Waals surface area contributed by atoms with Crippen molar-refractivity contribution in [2.24, 2.45) is 5.41 Å². The molecule has 1 aromatic heterocycles. The number of aromatic nitrogens is 2. The number of amides is 1. The lowest BCUT2D eigenvalue weighted by molar-refractivity contribution is -0.140. The first-order valence-corrected chi connectivity index (χ1v) is 9.11. The molecular formula is C17H26N4O3. The Labute approximate surface area is 142 Å². The Morgan fingerprint density at radius 1 is 1.25 bits per heavy atom. The van der Waals surface area contributed by atoms with Crippen LogP contribution in [0.15, 0.2) is 4.42 Å². The van der Waals surface area contributed by atoms with Gasteiger partial charge in [0.2, 0.25) is 17.7 Å². The minimum atomic E-state index is 0.0391. The van der Waals surface area contributed by atoms with Crippen LogP contribution in [0, 0.1) is 5.41 Å². The van der Waals surface area contributed by atoms with Crippen molar-refractivity contribution in [1.82, 2.24) is 20.0 Å².